The summed E-state index contributed by atoms with van der Waals surface area (Å²) < 4.78 is 0. The largest absolute Gasteiger partial charge is 0.364 e. The van der Waals surface area contributed by atoms with E-state index < -0.39 is 0 Å². The predicted molar refractivity (Wildman–Crippen MR) is 92.7 cm³/mol. The number of nitrogens with zero attached hydrogens (tertiary/aromatic N) is 4. The minimum absolute atomic E-state index is 0.189. The summed E-state index contributed by atoms with van der Waals surface area (Å²) in [5.74, 6) is 0.174. The second kappa shape index (κ2) is 7.66. The van der Waals surface area contributed by atoms with Crippen molar-refractivity contribution in [2.24, 2.45) is 0 Å². The molecule has 0 radical (unpaired) electrons. The lowest BCUT2D eigenvalue weighted by Crippen LogP contribution is -2.15. The van der Waals surface area contributed by atoms with Crippen molar-refractivity contribution in [3.8, 4) is 6.07 Å². The molecule has 2 aromatic heterocycles. The topological polar surface area (TPSA) is 104 Å². The summed E-state index contributed by atoms with van der Waals surface area (Å²) in [7, 11) is 0. The molecule has 0 saturated heterocycles. The molecule has 0 atom stereocenters. The van der Waals surface area contributed by atoms with Crippen LogP contribution in [0.15, 0.2) is 60.9 Å². The van der Waals surface area contributed by atoms with Gasteiger partial charge in [0.1, 0.15) is 5.82 Å². The molecule has 7 heteroatoms. The van der Waals surface area contributed by atoms with Gasteiger partial charge in [-0.3, -0.25) is 9.78 Å². The summed E-state index contributed by atoms with van der Waals surface area (Å²) in [6, 6.07) is 15.8. The molecule has 0 aliphatic heterocycles. The van der Waals surface area contributed by atoms with Gasteiger partial charge >= 0.3 is 0 Å². The first-order chi connectivity index (χ1) is 12.2. The van der Waals surface area contributed by atoms with Crippen LogP contribution in [0.5, 0.6) is 0 Å². The molecule has 2 N–H and O–H groups in total. The number of hydrogen-bond donors (Lipinski definition) is 2. The Morgan fingerprint density at radius 3 is 2.76 bits per heavy atom. The highest BCUT2D eigenvalue weighted by Gasteiger charge is 2.09. The second-order valence-electron chi connectivity index (χ2n) is 5.17. The van der Waals surface area contributed by atoms with Crippen LogP contribution in [0.2, 0.25) is 0 Å². The van der Waals surface area contributed by atoms with Crippen molar-refractivity contribution in [2.75, 3.05) is 10.6 Å². The molecule has 25 heavy (non-hydrogen) atoms. The molecule has 3 rings (SSSR count). The van der Waals surface area contributed by atoms with Gasteiger partial charge in [0, 0.05) is 24.6 Å². The zero-order chi connectivity index (χ0) is 17.5. The molecular weight excluding hydrogens is 316 g/mol. The number of pyridine rings is 1. The number of carbonyl (C=O) groups is 1. The Balaban J connectivity index is 1.61. The first-order valence-electron chi connectivity index (χ1n) is 7.52. The van der Waals surface area contributed by atoms with Gasteiger partial charge in [-0.25, -0.2) is 0 Å². The van der Waals surface area contributed by atoms with E-state index in [1.807, 2.05) is 18.2 Å². The van der Waals surface area contributed by atoms with Gasteiger partial charge in [-0.15, -0.1) is 10.2 Å². The van der Waals surface area contributed by atoms with E-state index in [-0.39, 0.29) is 11.6 Å². The predicted octanol–water partition coefficient (Wildman–Crippen LogP) is 2.61. The molecule has 0 spiro atoms. The minimum Gasteiger partial charge on any atom is -0.364 e. The molecule has 0 saturated carbocycles. The summed E-state index contributed by atoms with van der Waals surface area (Å²) in [5, 5.41) is 22.6. The van der Waals surface area contributed by atoms with Gasteiger partial charge in [-0.1, -0.05) is 12.1 Å². The lowest BCUT2D eigenvalue weighted by atomic mass is 10.2. The number of aromatic nitrogens is 3. The number of hydrogen-bond acceptors (Lipinski definition) is 6. The molecule has 0 aliphatic carbocycles. The Hall–Kier alpha value is -3.79. The van der Waals surface area contributed by atoms with Crippen LogP contribution in [0.25, 0.3) is 0 Å². The zero-order valence-corrected chi connectivity index (χ0v) is 13.2. The van der Waals surface area contributed by atoms with Gasteiger partial charge in [-0.05, 0) is 42.0 Å². The van der Waals surface area contributed by atoms with Crippen molar-refractivity contribution >= 4 is 17.4 Å². The molecular formula is C18H14N6O. The zero-order valence-electron chi connectivity index (χ0n) is 13.2. The van der Waals surface area contributed by atoms with Crippen molar-refractivity contribution in [2.45, 2.75) is 6.54 Å². The first kappa shape index (κ1) is 16.1. The van der Waals surface area contributed by atoms with E-state index in [9.17, 15) is 4.79 Å². The van der Waals surface area contributed by atoms with Crippen molar-refractivity contribution in [3.05, 3.63) is 77.7 Å². The molecule has 3 aromatic rings. The molecule has 7 nitrogen and oxygen atoms in total. The number of carbonyl (C=O) groups excluding carboxylic acids is 1. The summed E-state index contributed by atoms with van der Waals surface area (Å²) in [5.41, 5.74) is 2.21. The van der Waals surface area contributed by atoms with Gasteiger partial charge in [0.05, 0.1) is 11.6 Å². The number of benzene rings is 1. The third-order valence-electron chi connectivity index (χ3n) is 3.34. The molecule has 0 fully saturated rings. The highest BCUT2D eigenvalue weighted by atomic mass is 16.1. The highest BCUT2D eigenvalue weighted by molar-refractivity contribution is 6.02. The standard InChI is InChI=1S/C18H14N6O/c19-10-13-3-1-5-15(9-13)22-18(25)16-6-7-17(24-23-16)21-12-14-4-2-8-20-11-14/h1-9,11H,12H2,(H,21,24)(H,22,25). The van der Waals surface area contributed by atoms with Crippen LogP contribution in [-0.2, 0) is 6.54 Å². The average Bonchev–Trinajstić information content (AvgIpc) is 2.67. The molecule has 0 aliphatic rings. The molecule has 2 heterocycles. The lowest BCUT2D eigenvalue weighted by molar-refractivity contribution is 0.102. The lowest BCUT2D eigenvalue weighted by Gasteiger charge is -2.06. The maximum atomic E-state index is 12.2. The van der Waals surface area contributed by atoms with Crippen molar-refractivity contribution in [1.82, 2.24) is 15.2 Å². The molecule has 1 amide bonds. The fraction of sp³-hybridized carbons (Fsp3) is 0.0556. The quantitative estimate of drug-likeness (QED) is 0.745. The second-order valence-corrected chi connectivity index (χ2v) is 5.17. The summed E-state index contributed by atoms with van der Waals surface area (Å²) >= 11 is 0. The van der Waals surface area contributed by atoms with Crippen LogP contribution in [0, 0.1) is 11.3 Å². The highest BCUT2D eigenvalue weighted by Crippen LogP contribution is 2.11. The third-order valence-corrected chi connectivity index (χ3v) is 3.34. The van der Waals surface area contributed by atoms with E-state index in [0.29, 0.717) is 23.6 Å². The number of rotatable bonds is 5. The van der Waals surface area contributed by atoms with E-state index in [1.165, 1.54) is 0 Å². The fourth-order valence-electron chi connectivity index (χ4n) is 2.10. The van der Waals surface area contributed by atoms with Crippen LogP contribution in [-0.4, -0.2) is 21.1 Å². The Morgan fingerprint density at radius 1 is 1.12 bits per heavy atom. The Bertz CT molecular complexity index is 903. The first-order valence-corrected chi connectivity index (χ1v) is 7.52. The van der Waals surface area contributed by atoms with E-state index >= 15 is 0 Å². The minimum atomic E-state index is -0.388. The smallest absolute Gasteiger partial charge is 0.276 e. The van der Waals surface area contributed by atoms with Gasteiger partial charge in [0.2, 0.25) is 0 Å². The van der Waals surface area contributed by atoms with Crippen molar-refractivity contribution < 1.29 is 4.79 Å². The average molecular weight is 330 g/mol. The van der Waals surface area contributed by atoms with E-state index in [4.69, 9.17) is 5.26 Å². The number of nitriles is 1. The van der Waals surface area contributed by atoms with Gasteiger partial charge in [0.25, 0.3) is 5.91 Å². The van der Waals surface area contributed by atoms with Crippen LogP contribution in [0.4, 0.5) is 11.5 Å². The molecule has 0 bridgehead atoms. The van der Waals surface area contributed by atoms with Gasteiger partial charge in [0.15, 0.2) is 5.69 Å². The Labute approximate surface area is 144 Å². The fourth-order valence-corrected chi connectivity index (χ4v) is 2.10. The van der Waals surface area contributed by atoms with Crippen LogP contribution in [0.1, 0.15) is 21.6 Å². The normalized spacial score (nSPS) is 9.88. The summed E-state index contributed by atoms with van der Waals surface area (Å²) in [6.45, 7) is 0.564. The SMILES string of the molecule is N#Cc1cccc(NC(=O)c2ccc(NCc3cccnc3)nn2)c1. The number of nitrogens with one attached hydrogen (secondary N) is 2. The molecule has 1 aromatic carbocycles. The van der Waals surface area contributed by atoms with Crippen molar-refractivity contribution in [1.29, 1.82) is 5.26 Å². The van der Waals surface area contributed by atoms with Crippen LogP contribution >= 0.6 is 0 Å². The third kappa shape index (κ3) is 4.36. The maximum Gasteiger partial charge on any atom is 0.276 e. The Kier molecular flexibility index (Phi) is 4.93. The van der Waals surface area contributed by atoms with Crippen LogP contribution in [0.3, 0.4) is 0 Å². The van der Waals surface area contributed by atoms with E-state index in [0.717, 1.165) is 5.56 Å². The summed E-state index contributed by atoms with van der Waals surface area (Å²) in [6.07, 6.45) is 3.47. The van der Waals surface area contributed by atoms with Gasteiger partial charge in [-0.2, -0.15) is 5.26 Å². The molecule has 0 unspecified atom stereocenters. The van der Waals surface area contributed by atoms with Gasteiger partial charge < -0.3 is 10.6 Å². The van der Waals surface area contributed by atoms with Crippen LogP contribution < -0.4 is 10.6 Å². The monoisotopic (exact) mass is 330 g/mol. The molecule has 122 valence electrons. The number of amides is 1. The van der Waals surface area contributed by atoms with E-state index in [1.54, 1.807) is 48.8 Å². The van der Waals surface area contributed by atoms with E-state index in [2.05, 4.69) is 25.8 Å². The maximum absolute atomic E-state index is 12.2. The number of anilines is 2. The Morgan fingerprint density at radius 2 is 2.04 bits per heavy atom. The van der Waals surface area contributed by atoms with Crippen molar-refractivity contribution in [3.63, 3.8) is 0 Å². The summed E-state index contributed by atoms with van der Waals surface area (Å²) in [4.78, 5) is 16.2.